The van der Waals surface area contributed by atoms with Crippen molar-refractivity contribution in [3.8, 4) is 0 Å². The summed E-state index contributed by atoms with van der Waals surface area (Å²) in [5, 5.41) is 20.5. The van der Waals surface area contributed by atoms with Crippen LogP contribution in [0.25, 0.3) is 0 Å². The Morgan fingerprint density at radius 3 is 2.59 bits per heavy atom. The van der Waals surface area contributed by atoms with Gasteiger partial charge in [-0.1, -0.05) is 18.2 Å². The maximum absolute atomic E-state index is 10.6. The van der Waals surface area contributed by atoms with E-state index in [1.165, 1.54) is 11.8 Å². The molecule has 17 heavy (non-hydrogen) atoms. The number of benzene rings is 1. The second-order valence-electron chi connectivity index (χ2n) is 3.40. The van der Waals surface area contributed by atoms with Gasteiger partial charge in [-0.15, -0.1) is 23.4 Å². The van der Waals surface area contributed by atoms with Gasteiger partial charge in [-0.05, 0) is 12.1 Å². The number of aliphatic hydroxyl groups excluding tert-OH is 1. The fourth-order valence-corrected chi connectivity index (χ4v) is 2.46. The van der Waals surface area contributed by atoms with Gasteiger partial charge in [0.1, 0.15) is 0 Å². The number of amides is 1. The molecule has 0 saturated carbocycles. The second-order valence-corrected chi connectivity index (χ2v) is 4.80. The highest BCUT2D eigenvalue weighted by Gasteiger charge is 2.20. The van der Waals surface area contributed by atoms with Crippen LogP contribution in [0.15, 0.2) is 35.2 Å². The molecule has 0 aliphatic carbocycles. The molecule has 0 aliphatic rings. The Labute approximate surface area is 109 Å². The number of thioether (sulfide) groups is 1. The number of nitrogens with one attached hydrogen (secondary N) is 1. The highest BCUT2D eigenvalue weighted by Crippen LogP contribution is 2.19. The van der Waals surface area contributed by atoms with Gasteiger partial charge >= 0.3 is 6.09 Å². The maximum Gasteiger partial charge on any atom is 0.404 e. The lowest BCUT2D eigenvalue weighted by Gasteiger charge is -2.20. The van der Waals surface area contributed by atoms with E-state index in [-0.39, 0.29) is 5.88 Å². The van der Waals surface area contributed by atoms with Crippen LogP contribution in [-0.2, 0) is 0 Å². The molecule has 4 nitrogen and oxygen atoms in total. The number of hydrogen-bond donors (Lipinski definition) is 3. The molecule has 1 amide bonds. The van der Waals surface area contributed by atoms with Gasteiger partial charge in [0.15, 0.2) is 0 Å². The van der Waals surface area contributed by atoms with E-state index in [1.54, 1.807) is 0 Å². The summed E-state index contributed by atoms with van der Waals surface area (Å²) < 4.78 is 0. The summed E-state index contributed by atoms with van der Waals surface area (Å²) in [5.41, 5.74) is 0. The number of carbonyl (C=O) groups is 1. The Morgan fingerprint density at radius 2 is 2.06 bits per heavy atom. The minimum atomic E-state index is -1.16. The Bertz CT molecular complexity index is 350. The summed E-state index contributed by atoms with van der Waals surface area (Å²) in [6.07, 6.45) is -2.04. The normalized spacial score (nSPS) is 14.0. The molecule has 3 N–H and O–H groups in total. The van der Waals surface area contributed by atoms with E-state index in [4.69, 9.17) is 16.7 Å². The molecule has 0 fully saturated rings. The fourth-order valence-electron chi connectivity index (χ4n) is 1.22. The highest BCUT2D eigenvalue weighted by molar-refractivity contribution is 7.99. The van der Waals surface area contributed by atoms with Crippen LogP contribution in [0, 0.1) is 0 Å². The van der Waals surface area contributed by atoms with Gasteiger partial charge in [0.2, 0.25) is 0 Å². The first-order valence-electron chi connectivity index (χ1n) is 5.05. The molecule has 0 aromatic heterocycles. The van der Waals surface area contributed by atoms with Crippen molar-refractivity contribution < 1.29 is 15.0 Å². The molecular formula is C11H14ClNO3S. The molecular weight excluding hydrogens is 262 g/mol. The third-order valence-electron chi connectivity index (χ3n) is 2.10. The third-order valence-corrected chi connectivity index (χ3v) is 3.55. The largest absolute Gasteiger partial charge is 0.465 e. The Kier molecular flexibility index (Phi) is 6.18. The third kappa shape index (κ3) is 5.30. The summed E-state index contributed by atoms with van der Waals surface area (Å²) >= 11 is 6.99. The lowest BCUT2D eigenvalue weighted by molar-refractivity contribution is 0.143. The topological polar surface area (TPSA) is 69.6 Å². The van der Waals surface area contributed by atoms with Gasteiger partial charge in [0.25, 0.3) is 0 Å². The summed E-state index contributed by atoms with van der Waals surface area (Å²) in [4.78, 5) is 11.6. The van der Waals surface area contributed by atoms with Crippen LogP contribution in [0.2, 0.25) is 0 Å². The zero-order valence-electron chi connectivity index (χ0n) is 9.04. The first-order valence-corrected chi connectivity index (χ1v) is 6.57. The van der Waals surface area contributed by atoms with Crippen LogP contribution in [0.3, 0.4) is 0 Å². The van der Waals surface area contributed by atoms with Gasteiger partial charge in [-0.25, -0.2) is 4.79 Å². The molecule has 0 spiro atoms. The Morgan fingerprint density at radius 1 is 1.41 bits per heavy atom. The van der Waals surface area contributed by atoms with Crippen molar-refractivity contribution in [2.75, 3.05) is 11.6 Å². The van der Waals surface area contributed by atoms with Crippen molar-refractivity contribution in [1.29, 1.82) is 0 Å². The average Bonchev–Trinajstić information content (AvgIpc) is 2.34. The van der Waals surface area contributed by atoms with Crippen LogP contribution >= 0.6 is 23.4 Å². The molecule has 0 bridgehead atoms. The smallest absolute Gasteiger partial charge is 0.404 e. The van der Waals surface area contributed by atoms with Crippen molar-refractivity contribution in [3.63, 3.8) is 0 Å². The fraction of sp³-hybridized carbons (Fsp3) is 0.364. The maximum atomic E-state index is 10.6. The van der Waals surface area contributed by atoms with E-state index in [2.05, 4.69) is 5.32 Å². The van der Waals surface area contributed by atoms with Crippen molar-refractivity contribution in [1.82, 2.24) is 5.32 Å². The van der Waals surface area contributed by atoms with Crippen molar-refractivity contribution >= 4 is 29.5 Å². The molecule has 0 radical (unpaired) electrons. The first kappa shape index (κ1) is 14.2. The number of rotatable bonds is 6. The molecule has 94 valence electrons. The van der Waals surface area contributed by atoms with E-state index in [0.717, 1.165) is 4.90 Å². The van der Waals surface area contributed by atoms with Crippen LogP contribution in [-0.4, -0.2) is 40.1 Å². The zero-order chi connectivity index (χ0) is 12.7. The summed E-state index contributed by atoms with van der Waals surface area (Å²) in [6.45, 7) is 0. The molecule has 0 saturated heterocycles. The van der Waals surface area contributed by atoms with Crippen molar-refractivity contribution in [3.05, 3.63) is 30.3 Å². The van der Waals surface area contributed by atoms with Gasteiger partial charge in [-0.2, -0.15) is 0 Å². The first-order chi connectivity index (χ1) is 8.13. The van der Waals surface area contributed by atoms with Crippen LogP contribution in [0.1, 0.15) is 0 Å². The van der Waals surface area contributed by atoms with E-state index >= 15 is 0 Å². The number of hydrogen-bond acceptors (Lipinski definition) is 3. The van der Waals surface area contributed by atoms with Crippen LogP contribution < -0.4 is 5.32 Å². The van der Waals surface area contributed by atoms with Crippen LogP contribution in [0.5, 0.6) is 0 Å². The zero-order valence-corrected chi connectivity index (χ0v) is 10.6. The lowest BCUT2D eigenvalue weighted by Crippen LogP contribution is -2.45. The van der Waals surface area contributed by atoms with Crippen LogP contribution in [0.4, 0.5) is 4.79 Å². The molecule has 0 unspecified atom stereocenters. The molecule has 0 aliphatic heterocycles. The highest BCUT2D eigenvalue weighted by atomic mass is 35.5. The SMILES string of the molecule is O=C(O)N[C@@H](CSc1ccccc1)[C@H](O)CCl. The average molecular weight is 276 g/mol. The quantitative estimate of drug-likeness (QED) is 0.549. The van der Waals surface area contributed by atoms with Crippen molar-refractivity contribution in [2.24, 2.45) is 0 Å². The monoisotopic (exact) mass is 275 g/mol. The standard InChI is InChI=1S/C11H14ClNO3S/c12-6-10(14)9(13-11(15)16)7-17-8-4-2-1-3-5-8/h1-5,9-10,13-14H,6-7H2,(H,15,16)/t9-,10+/m0/s1. The Hall–Kier alpha value is -0.910. The number of alkyl halides is 1. The van der Waals surface area contributed by atoms with E-state index in [0.29, 0.717) is 5.75 Å². The van der Waals surface area contributed by atoms with Gasteiger partial charge < -0.3 is 15.5 Å². The Balaban J connectivity index is 2.51. The molecule has 1 aromatic rings. The van der Waals surface area contributed by atoms with Gasteiger partial charge in [0.05, 0.1) is 18.0 Å². The van der Waals surface area contributed by atoms with E-state index < -0.39 is 18.2 Å². The van der Waals surface area contributed by atoms with E-state index in [1.807, 2.05) is 30.3 Å². The lowest BCUT2D eigenvalue weighted by atomic mass is 10.2. The van der Waals surface area contributed by atoms with E-state index in [9.17, 15) is 9.90 Å². The summed E-state index contributed by atoms with van der Waals surface area (Å²) in [5.74, 6) is 0.435. The molecule has 0 heterocycles. The summed E-state index contributed by atoms with van der Waals surface area (Å²) in [6, 6.07) is 8.99. The molecule has 2 atom stereocenters. The van der Waals surface area contributed by atoms with Gasteiger partial charge in [-0.3, -0.25) is 0 Å². The number of carboxylic acid groups (broad SMARTS) is 1. The van der Waals surface area contributed by atoms with Crippen molar-refractivity contribution in [2.45, 2.75) is 17.0 Å². The number of halogens is 1. The molecule has 1 aromatic carbocycles. The molecule has 6 heteroatoms. The number of aliphatic hydroxyl groups is 1. The minimum Gasteiger partial charge on any atom is -0.465 e. The predicted molar refractivity (Wildman–Crippen MR) is 68.8 cm³/mol. The second kappa shape index (κ2) is 7.42. The minimum absolute atomic E-state index is 0.000294. The predicted octanol–water partition coefficient (Wildman–Crippen LogP) is 2.01. The summed E-state index contributed by atoms with van der Waals surface area (Å²) in [7, 11) is 0. The molecule has 1 rings (SSSR count). The van der Waals surface area contributed by atoms with Gasteiger partial charge in [0, 0.05) is 10.6 Å².